The lowest BCUT2D eigenvalue weighted by Gasteiger charge is -2.11. The molecule has 1 aromatic carbocycles. The predicted molar refractivity (Wildman–Crippen MR) is 101 cm³/mol. The number of hydrogen-bond acceptors (Lipinski definition) is 3. The first-order valence-corrected chi connectivity index (χ1v) is 9.20. The van der Waals surface area contributed by atoms with Gasteiger partial charge in [-0.2, -0.15) is 0 Å². The Morgan fingerprint density at radius 1 is 1.40 bits per heavy atom. The number of aliphatic imine (C=N–C) groups is 1. The third kappa shape index (κ3) is 4.75. The molecule has 1 saturated carbocycles. The minimum atomic E-state index is 0.359. The van der Waals surface area contributed by atoms with E-state index >= 15 is 0 Å². The van der Waals surface area contributed by atoms with Gasteiger partial charge in [0.1, 0.15) is 6.54 Å². The second-order valence-electron chi connectivity index (χ2n) is 6.72. The molecule has 3 rings (SSSR count). The zero-order valence-corrected chi connectivity index (χ0v) is 15.7. The maximum atomic E-state index is 6.09. The van der Waals surface area contributed by atoms with Gasteiger partial charge in [0.25, 0.3) is 0 Å². The number of halogens is 1. The summed E-state index contributed by atoms with van der Waals surface area (Å²) in [6.45, 7) is 7.54. The van der Waals surface area contributed by atoms with Crippen LogP contribution in [0, 0.1) is 0 Å². The molecule has 1 aliphatic carbocycles. The van der Waals surface area contributed by atoms with Crippen molar-refractivity contribution < 1.29 is 4.52 Å². The summed E-state index contributed by atoms with van der Waals surface area (Å²) in [6.07, 6.45) is 1.09. The van der Waals surface area contributed by atoms with Crippen molar-refractivity contribution in [3.63, 3.8) is 0 Å². The van der Waals surface area contributed by atoms with Crippen LogP contribution in [0.1, 0.15) is 56.0 Å². The summed E-state index contributed by atoms with van der Waals surface area (Å²) in [6, 6.07) is 10.4. The molecular weight excluding hydrogens is 336 g/mol. The van der Waals surface area contributed by atoms with Crippen LogP contribution in [0.25, 0.3) is 0 Å². The molecule has 6 heteroatoms. The van der Waals surface area contributed by atoms with E-state index < -0.39 is 0 Å². The van der Waals surface area contributed by atoms with Crippen LogP contribution in [0.15, 0.2) is 39.8 Å². The SMILES string of the molecule is CCNC(=NCc1cc(C(C)C)no1)NC1CC1c1cccc(Cl)c1. The van der Waals surface area contributed by atoms with E-state index in [0.29, 0.717) is 24.4 Å². The minimum Gasteiger partial charge on any atom is -0.359 e. The van der Waals surface area contributed by atoms with Crippen LogP contribution < -0.4 is 10.6 Å². The van der Waals surface area contributed by atoms with Gasteiger partial charge in [0.15, 0.2) is 11.7 Å². The zero-order chi connectivity index (χ0) is 17.8. The van der Waals surface area contributed by atoms with Gasteiger partial charge < -0.3 is 15.2 Å². The Morgan fingerprint density at radius 3 is 2.92 bits per heavy atom. The molecule has 25 heavy (non-hydrogen) atoms. The maximum absolute atomic E-state index is 6.09. The topological polar surface area (TPSA) is 62.5 Å². The Morgan fingerprint density at radius 2 is 2.24 bits per heavy atom. The van der Waals surface area contributed by atoms with E-state index in [1.54, 1.807) is 0 Å². The Balaban J connectivity index is 1.59. The summed E-state index contributed by atoms with van der Waals surface area (Å²) in [5, 5.41) is 11.6. The summed E-state index contributed by atoms with van der Waals surface area (Å²) in [4.78, 5) is 4.62. The standard InChI is InChI=1S/C19H25ClN4O/c1-4-21-19(22-11-15-9-17(12(2)3)24-25-15)23-18-10-16(18)13-6-5-7-14(20)8-13/h5-9,12,16,18H,4,10-11H2,1-3H3,(H2,21,22,23). The van der Waals surface area contributed by atoms with Gasteiger partial charge in [-0.1, -0.05) is 42.7 Å². The number of rotatable bonds is 6. The third-order valence-corrected chi connectivity index (χ3v) is 4.53. The van der Waals surface area contributed by atoms with Gasteiger partial charge in [-0.3, -0.25) is 0 Å². The molecule has 0 aliphatic heterocycles. The molecule has 2 N–H and O–H groups in total. The lowest BCUT2D eigenvalue weighted by atomic mass is 10.1. The molecule has 1 heterocycles. The van der Waals surface area contributed by atoms with Gasteiger partial charge in [-0.25, -0.2) is 4.99 Å². The average molecular weight is 361 g/mol. The van der Waals surface area contributed by atoms with Crippen LogP contribution >= 0.6 is 11.6 Å². The highest BCUT2D eigenvalue weighted by molar-refractivity contribution is 6.30. The van der Waals surface area contributed by atoms with Crippen LogP contribution in [0.5, 0.6) is 0 Å². The lowest BCUT2D eigenvalue weighted by Crippen LogP contribution is -2.39. The second kappa shape index (κ2) is 7.91. The molecular formula is C19H25ClN4O. The molecule has 5 nitrogen and oxygen atoms in total. The Kier molecular flexibility index (Phi) is 5.63. The van der Waals surface area contributed by atoms with E-state index in [4.69, 9.17) is 16.1 Å². The van der Waals surface area contributed by atoms with E-state index in [1.165, 1.54) is 5.56 Å². The fourth-order valence-electron chi connectivity index (χ4n) is 2.79. The zero-order valence-electron chi connectivity index (χ0n) is 14.9. The highest BCUT2D eigenvalue weighted by atomic mass is 35.5. The van der Waals surface area contributed by atoms with Gasteiger partial charge in [0, 0.05) is 29.6 Å². The molecule has 134 valence electrons. The van der Waals surface area contributed by atoms with Gasteiger partial charge in [0.05, 0.1) is 5.69 Å². The van der Waals surface area contributed by atoms with Crippen molar-refractivity contribution in [1.29, 1.82) is 0 Å². The van der Waals surface area contributed by atoms with Crippen molar-refractivity contribution in [2.45, 2.75) is 51.6 Å². The highest BCUT2D eigenvalue weighted by Crippen LogP contribution is 2.41. The first-order chi connectivity index (χ1) is 12.1. The van der Waals surface area contributed by atoms with E-state index in [1.807, 2.05) is 24.3 Å². The lowest BCUT2D eigenvalue weighted by molar-refractivity contribution is 0.376. The number of benzene rings is 1. The van der Waals surface area contributed by atoms with Crippen LogP contribution in [0.2, 0.25) is 5.02 Å². The molecule has 1 aromatic heterocycles. The summed E-state index contributed by atoms with van der Waals surface area (Å²) in [7, 11) is 0. The van der Waals surface area contributed by atoms with Crippen molar-refractivity contribution in [3.05, 3.63) is 52.4 Å². The normalized spacial score (nSPS) is 20.0. The Bertz CT molecular complexity index is 741. The predicted octanol–water partition coefficient (Wildman–Crippen LogP) is 4.06. The average Bonchev–Trinajstić information content (AvgIpc) is 3.17. The monoisotopic (exact) mass is 360 g/mol. The van der Waals surface area contributed by atoms with Crippen LogP contribution in [0.4, 0.5) is 0 Å². The first kappa shape index (κ1) is 17.8. The number of hydrogen-bond donors (Lipinski definition) is 2. The summed E-state index contributed by atoms with van der Waals surface area (Å²) >= 11 is 6.09. The smallest absolute Gasteiger partial charge is 0.191 e. The molecule has 1 aliphatic rings. The molecule has 0 radical (unpaired) electrons. The molecule has 0 spiro atoms. The molecule has 2 aromatic rings. The van der Waals surface area contributed by atoms with E-state index in [2.05, 4.69) is 47.6 Å². The summed E-state index contributed by atoms with van der Waals surface area (Å²) < 4.78 is 5.35. The van der Waals surface area contributed by atoms with E-state index in [-0.39, 0.29) is 0 Å². The van der Waals surface area contributed by atoms with Gasteiger partial charge >= 0.3 is 0 Å². The summed E-state index contributed by atoms with van der Waals surface area (Å²) in [5.41, 5.74) is 2.24. The van der Waals surface area contributed by atoms with Gasteiger partial charge in [-0.15, -0.1) is 0 Å². The highest BCUT2D eigenvalue weighted by Gasteiger charge is 2.39. The van der Waals surface area contributed by atoms with Crippen molar-refractivity contribution in [2.75, 3.05) is 6.54 Å². The fraction of sp³-hybridized carbons (Fsp3) is 0.474. The number of aromatic nitrogens is 1. The molecule has 1 fully saturated rings. The second-order valence-corrected chi connectivity index (χ2v) is 7.15. The van der Waals surface area contributed by atoms with Crippen molar-refractivity contribution >= 4 is 17.6 Å². The van der Waals surface area contributed by atoms with Crippen molar-refractivity contribution in [1.82, 2.24) is 15.8 Å². The fourth-order valence-corrected chi connectivity index (χ4v) is 2.99. The third-order valence-electron chi connectivity index (χ3n) is 4.30. The van der Waals surface area contributed by atoms with Crippen LogP contribution in [-0.4, -0.2) is 23.7 Å². The van der Waals surface area contributed by atoms with Gasteiger partial charge in [0.2, 0.25) is 0 Å². The van der Waals surface area contributed by atoms with E-state index in [9.17, 15) is 0 Å². The number of nitrogens with zero attached hydrogens (tertiary/aromatic N) is 2. The molecule has 0 bridgehead atoms. The first-order valence-electron chi connectivity index (χ1n) is 8.82. The molecule has 0 amide bonds. The van der Waals surface area contributed by atoms with Crippen LogP contribution in [-0.2, 0) is 6.54 Å². The number of nitrogens with one attached hydrogen (secondary N) is 2. The molecule has 0 saturated heterocycles. The van der Waals surface area contributed by atoms with Gasteiger partial charge in [-0.05, 0) is 37.0 Å². The number of guanidine groups is 1. The van der Waals surface area contributed by atoms with Crippen molar-refractivity contribution in [2.24, 2.45) is 4.99 Å². The molecule has 2 atom stereocenters. The maximum Gasteiger partial charge on any atom is 0.191 e. The largest absolute Gasteiger partial charge is 0.359 e. The Hall–Kier alpha value is -2.01. The van der Waals surface area contributed by atoms with Crippen LogP contribution in [0.3, 0.4) is 0 Å². The summed E-state index contributed by atoms with van der Waals surface area (Å²) in [5.74, 6) is 2.43. The quantitative estimate of drug-likeness (QED) is 0.602. The van der Waals surface area contributed by atoms with E-state index in [0.717, 1.165) is 35.4 Å². The minimum absolute atomic E-state index is 0.359. The van der Waals surface area contributed by atoms with Crippen molar-refractivity contribution in [3.8, 4) is 0 Å². The Labute approximate surface area is 153 Å². The molecule has 2 unspecified atom stereocenters.